The Morgan fingerprint density at radius 1 is 0.951 bits per heavy atom. The fourth-order valence-corrected chi connectivity index (χ4v) is 6.61. The second-order valence-electron chi connectivity index (χ2n) is 12.2. The van der Waals surface area contributed by atoms with Gasteiger partial charge in [-0.25, -0.2) is 0 Å². The summed E-state index contributed by atoms with van der Waals surface area (Å²) in [6.07, 6.45) is 1.04. The van der Waals surface area contributed by atoms with Crippen molar-refractivity contribution in [3.63, 3.8) is 0 Å². The molecule has 5 nitrogen and oxygen atoms in total. The third kappa shape index (κ3) is 5.74. The van der Waals surface area contributed by atoms with Gasteiger partial charge in [-0.05, 0) is 73.2 Å². The summed E-state index contributed by atoms with van der Waals surface area (Å²) in [6, 6.07) is 31.1. The lowest BCUT2D eigenvalue weighted by molar-refractivity contribution is -0.160. The van der Waals surface area contributed by atoms with Crippen molar-refractivity contribution in [3.8, 4) is 16.9 Å². The number of aliphatic hydroxyl groups excluding tert-OH is 1. The number of nitrogens with zero attached hydrogens (tertiary/aromatic N) is 1. The van der Waals surface area contributed by atoms with Crippen molar-refractivity contribution in [1.82, 2.24) is 4.90 Å². The molecule has 4 aromatic rings. The fourth-order valence-electron chi connectivity index (χ4n) is 6.61. The van der Waals surface area contributed by atoms with Crippen molar-refractivity contribution >= 4 is 16.7 Å². The van der Waals surface area contributed by atoms with Crippen LogP contribution < -0.4 is 4.74 Å². The topological polar surface area (TPSA) is 59.0 Å². The van der Waals surface area contributed by atoms with E-state index in [1.807, 2.05) is 36.4 Å². The van der Waals surface area contributed by atoms with Crippen LogP contribution in [0.15, 0.2) is 91.0 Å². The van der Waals surface area contributed by atoms with Gasteiger partial charge in [-0.3, -0.25) is 4.79 Å². The van der Waals surface area contributed by atoms with Gasteiger partial charge in [0.1, 0.15) is 11.4 Å². The minimum atomic E-state index is -0.620. The van der Waals surface area contributed by atoms with Crippen molar-refractivity contribution in [2.45, 2.75) is 70.5 Å². The van der Waals surface area contributed by atoms with Crippen LogP contribution in [0, 0.1) is 5.92 Å². The molecule has 2 heterocycles. The van der Waals surface area contributed by atoms with E-state index >= 15 is 0 Å². The lowest BCUT2D eigenvalue weighted by Crippen LogP contribution is -2.49. The average Bonchev–Trinajstić information content (AvgIpc) is 2.97. The smallest absolute Gasteiger partial charge is 0.225 e. The highest BCUT2D eigenvalue weighted by atomic mass is 16.5. The Morgan fingerprint density at radius 2 is 1.71 bits per heavy atom. The van der Waals surface area contributed by atoms with Crippen LogP contribution in [0.4, 0.5) is 0 Å². The van der Waals surface area contributed by atoms with Gasteiger partial charge in [-0.15, -0.1) is 0 Å². The number of ether oxygens (including phenoxy) is 2. The van der Waals surface area contributed by atoms with E-state index in [9.17, 15) is 9.90 Å². The van der Waals surface area contributed by atoms with Crippen LogP contribution in [0.5, 0.6) is 5.75 Å². The van der Waals surface area contributed by atoms with Crippen LogP contribution >= 0.6 is 0 Å². The molecule has 1 fully saturated rings. The molecule has 1 saturated heterocycles. The maximum Gasteiger partial charge on any atom is 0.225 e. The van der Waals surface area contributed by atoms with E-state index in [-0.39, 0.29) is 42.6 Å². The Hall–Kier alpha value is -3.67. The lowest BCUT2D eigenvalue weighted by atomic mass is 9.74. The van der Waals surface area contributed by atoms with Crippen molar-refractivity contribution in [3.05, 3.63) is 102 Å². The van der Waals surface area contributed by atoms with Crippen LogP contribution in [0.1, 0.15) is 57.3 Å². The highest BCUT2D eigenvalue weighted by molar-refractivity contribution is 5.86. The van der Waals surface area contributed by atoms with E-state index in [0.717, 1.165) is 51.6 Å². The molecule has 0 aromatic heterocycles. The fraction of sp³-hybridized carbons (Fsp3) is 0.361. The zero-order valence-corrected chi connectivity index (χ0v) is 24.1. The number of carbonyl (C=O) groups excluding carboxylic acids is 1. The largest absolute Gasteiger partial charge is 0.487 e. The molecule has 4 aromatic carbocycles. The van der Waals surface area contributed by atoms with Crippen LogP contribution in [-0.2, 0) is 16.1 Å². The molecule has 2 aliphatic heterocycles. The zero-order chi connectivity index (χ0) is 28.6. The summed E-state index contributed by atoms with van der Waals surface area (Å²) in [5.74, 6) is 1.05. The monoisotopic (exact) mass is 549 g/mol. The quantitative estimate of drug-likeness (QED) is 0.263. The molecule has 0 saturated carbocycles. The highest BCUT2D eigenvalue weighted by Crippen LogP contribution is 2.51. The van der Waals surface area contributed by atoms with Gasteiger partial charge in [0.15, 0.2) is 0 Å². The van der Waals surface area contributed by atoms with Crippen LogP contribution in [-0.4, -0.2) is 40.3 Å². The Balaban J connectivity index is 1.23. The third-order valence-electron chi connectivity index (χ3n) is 8.67. The number of hydrogen-bond donors (Lipinski definition) is 1. The molecule has 4 atom stereocenters. The molecule has 0 bridgehead atoms. The number of carbonyl (C=O) groups is 1. The van der Waals surface area contributed by atoms with Crippen LogP contribution in [0.3, 0.4) is 0 Å². The van der Waals surface area contributed by atoms with E-state index in [1.54, 1.807) is 11.8 Å². The van der Waals surface area contributed by atoms with E-state index < -0.39 is 6.10 Å². The molecular formula is C36H39NO4. The summed E-state index contributed by atoms with van der Waals surface area (Å²) in [4.78, 5) is 15.6. The standard InChI is InChI=1S/C36H39NO4/c1-24(38)22-37(23-28-14-9-13-26-12-7-8-15-30(26)28)34(39)21-29-17-18-32-35(40-29)31-20-27(25-10-5-4-6-11-25)16-19-33(31)41-36(32,2)3/h4-16,19-20,24,29,32,35,38H,17-18,21-23H2,1-3H3/t24-,29-,32+,35-/m0/s1. The molecule has 41 heavy (non-hydrogen) atoms. The summed E-state index contributed by atoms with van der Waals surface area (Å²) in [5, 5.41) is 12.5. The van der Waals surface area contributed by atoms with E-state index in [1.165, 1.54) is 0 Å². The first-order valence-corrected chi connectivity index (χ1v) is 14.7. The van der Waals surface area contributed by atoms with Crippen molar-refractivity contribution < 1.29 is 19.4 Å². The number of fused-ring (bicyclic) bond motifs is 4. The molecular weight excluding hydrogens is 510 g/mol. The van der Waals surface area contributed by atoms with Gasteiger partial charge in [-0.1, -0.05) is 78.9 Å². The summed E-state index contributed by atoms with van der Waals surface area (Å²) in [7, 11) is 0. The van der Waals surface area contributed by atoms with Gasteiger partial charge in [0.2, 0.25) is 5.91 Å². The zero-order valence-electron chi connectivity index (χ0n) is 24.1. The van der Waals surface area contributed by atoms with Gasteiger partial charge in [0.05, 0.1) is 24.7 Å². The van der Waals surface area contributed by atoms with E-state index in [4.69, 9.17) is 9.47 Å². The predicted molar refractivity (Wildman–Crippen MR) is 163 cm³/mol. The Kier molecular flexibility index (Phi) is 7.58. The molecule has 2 aliphatic rings. The van der Waals surface area contributed by atoms with Crippen molar-refractivity contribution in [2.75, 3.05) is 6.54 Å². The molecule has 5 heteroatoms. The summed E-state index contributed by atoms with van der Waals surface area (Å²) >= 11 is 0. The number of rotatable bonds is 7. The SMILES string of the molecule is C[C@H](O)CN(Cc1cccc2ccccc12)C(=O)C[C@@H]1CC[C@@H]2[C@@H](O1)c1cc(-c3ccccc3)ccc1OC2(C)C. The number of aliphatic hydroxyl groups is 1. The summed E-state index contributed by atoms with van der Waals surface area (Å²) in [5.41, 5.74) is 4.06. The first-order valence-electron chi connectivity index (χ1n) is 14.7. The van der Waals surface area contributed by atoms with Crippen molar-refractivity contribution in [1.29, 1.82) is 0 Å². The highest BCUT2D eigenvalue weighted by Gasteiger charge is 2.48. The second-order valence-corrected chi connectivity index (χ2v) is 12.2. The van der Waals surface area contributed by atoms with Gasteiger partial charge >= 0.3 is 0 Å². The minimum Gasteiger partial charge on any atom is -0.487 e. The average molecular weight is 550 g/mol. The maximum atomic E-state index is 13.8. The first kappa shape index (κ1) is 27.5. The third-order valence-corrected chi connectivity index (χ3v) is 8.67. The van der Waals surface area contributed by atoms with Crippen LogP contribution in [0.25, 0.3) is 21.9 Å². The van der Waals surface area contributed by atoms with Crippen LogP contribution in [0.2, 0.25) is 0 Å². The second kappa shape index (κ2) is 11.3. The molecule has 0 aliphatic carbocycles. The molecule has 1 amide bonds. The normalized spacial score (nSPS) is 21.8. The summed E-state index contributed by atoms with van der Waals surface area (Å²) < 4.78 is 13.3. The predicted octanol–water partition coefficient (Wildman–Crippen LogP) is 7.31. The van der Waals surface area contributed by atoms with Gasteiger partial charge in [-0.2, -0.15) is 0 Å². The molecule has 0 radical (unpaired) electrons. The van der Waals surface area contributed by atoms with E-state index in [2.05, 4.69) is 68.4 Å². The van der Waals surface area contributed by atoms with E-state index in [0.29, 0.717) is 6.54 Å². The first-order chi connectivity index (χ1) is 19.8. The van der Waals surface area contributed by atoms with Gasteiger partial charge in [0.25, 0.3) is 0 Å². The molecule has 6 rings (SSSR count). The number of hydrogen-bond acceptors (Lipinski definition) is 4. The summed E-state index contributed by atoms with van der Waals surface area (Å²) in [6.45, 7) is 6.75. The molecule has 0 spiro atoms. The molecule has 0 unspecified atom stereocenters. The van der Waals surface area contributed by atoms with Crippen molar-refractivity contribution in [2.24, 2.45) is 5.92 Å². The van der Waals surface area contributed by atoms with Gasteiger partial charge in [0, 0.05) is 24.6 Å². The number of benzene rings is 4. The molecule has 212 valence electrons. The van der Waals surface area contributed by atoms with Gasteiger partial charge < -0.3 is 19.5 Å². The Labute approximate surface area is 242 Å². The number of amides is 1. The maximum absolute atomic E-state index is 13.8. The Bertz CT molecular complexity index is 1520. The lowest BCUT2D eigenvalue weighted by Gasteiger charge is -2.49. The minimum absolute atomic E-state index is 0.00636. The molecule has 1 N–H and O–H groups in total. The Morgan fingerprint density at radius 3 is 2.51 bits per heavy atom.